The number of pyridine rings is 1. The number of ether oxygens (including phenoxy) is 1. The number of carbonyl (C=O) groups excluding carboxylic acids is 1. The van der Waals surface area contributed by atoms with Crippen LogP contribution in [0.25, 0.3) is 0 Å². The van der Waals surface area contributed by atoms with Crippen molar-refractivity contribution in [3.8, 4) is 0 Å². The number of nitrogens with one attached hydrogen (secondary N) is 1. The molecule has 0 aromatic carbocycles. The fraction of sp³-hybridized carbons (Fsp3) is 0.455. The van der Waals surface area contributed by atoms with Crippen LogP contribution in [0.2, 0.25) is 0 Å². The zero-order valence-electron chi connectivity index (χ0n) is 11.1. The van der Waals surface area contributed by atoms with Crippen molar-refractivity contribution in [2.75, 3.05) is 25.4 Å². The normalized spacial score (nSPS) is 11.4. The summed E-state index contributed by atoms with van der Waals surface area (Å²) >= 11 is 0. The minimum absolute atomic E-state index is 0.0000574. The molecule has 0 aliphatic rings. The van der Waals surface area contributed by atoms with E-state index in [1.54, 1.807) is 19.1 Å². The van der Waals surface area contributed by atoms with E-state index in [1.165, 1.54) is 20.4 Å². The summed E-state index contributed by atoms with van der Waals surface area (Å²) in [6, 6.07) is 3.32. The predicted octanol–water partition coefficient (Wildman–Crippen LogP) is 0.542. The Labute approximate surface area is 112 Å². The Hall–Kier alpha value is -1.67. The van der Waals surface area contributed by atoms with Crippen molar-refractivity contribution in [3.05, 3.63) is 24.0 Å². The van der Waals surface area contributed by atoms with Crippen LogP contribution in [0.1, 0.15) is 12.1 Å². The molecule has 0 saturated carbocycles. The number of methoxy groups -OCH3 is 1. The molecule has 1 heterocycles. The molecule has 1 aromatic rings. The molecule has 0 radical (unpaired) electrons. The molecule has 0 atom stereocenters. The quantitative estimate of drug-likeness (QED) is 0.771. The van der Waals surface area contributed by atoms with Crippen molar-refractivity contribution in [1.29, 1.82) is 0 Å². The molecule has 106 valence electrons. The highest BCUT2D eigenvalue weighted by atomic mass is 32.2. The molecule has 1 aromatic heterocycles. The maximum atomic E-state index is 11.9. The van der Waals surface area contributed by atoms with Gasteiger partial charge < -0.3 is 4.74 Å². The van der Waals surface area contributed by atoms with E-state index < -0.39 is 16.2 Å². The van der Waals surface area contributed by atoms with Crippen LogP contribution < -0.4 is 4.72 Å². The standard InChI is InChI=1S/C11H17N3O4S/c1-9-4-5-10(8-12-9)13-19(16,17)14(2)7-6-11(15)18-3/h4-5,8,13H,6-7H2,1-3H3. The van der Waals surface area contributed by atoms with Gasteiger partial charge in [0.05, 0.1) is 25.4 Å². The van der Waals surface area contributed by atoms with E-state index in [4.69, 9.17) is 0 Å². The second-order valence-corrected chi connectivity index (χ2v) is 5.72. The monoisotopic (exact) mass is 287 g/mol. The first-order valence-electron chi connectivity index (χ1n) is 5.58. The van der Waals surface area contributed by atoms with Crippen molar-refractivity contribution >= 4 is 21.9 Å². The largest absolute Gasteiger partial charge is 0.469 e. The van der Waals surface area contributed by atoms with E-state index in [9.17, 15) is 13.2 Å². The van der Waals surface area contributed by atoms with Gasteiger partial charge >= 0.3 is 16.2 Å². The Balaban J connectivity index is 2.64. The maximum absolute atomic E-state index is 11.9. The minimum Gasteiger partial charge on any atom is -0.469 e. The number of rotatable bonds is 6. The van der Waals surface area contributed by atoms with Crippen molar-refractivity contribution in [2.45, 2.75) is 13.3 Å². The number of nitrogens with zero attached hydrogens (tertiary/aromatic N) is 2. The number of anilines is 1. The zero-order valence-corrected chi connectivity index (χ0v) is 11.9. The summed E-state index contributed by atoms with van der Waals surface area (Å²) in [6.07, 6.45) is 1.43. The van der Waals surface area contributed by atoms with E-state index >= 15 is 0 Å². The van der Waals surface area contributed by atoms with Crippen molar-refractivity contribution in [2.24, 2.45) is 0 Å². The van der Waals surface area contributed by atoms with Gasteiger partial charge in [-0.05, 0) is 19.1 Å². The molecule has 0 fully saturated rings. The lowest BCUT2D eigenvalue weighted by molar-refractivity contribution is -0.140. The Morgan fingerprint density at radius 3 is 2.68 bits per heavy atom. The third kappa shape index (κ3) is 4.84. The van der Waals surface area contributed by atoms with Crippen LogP contribution in [0.3, 0.4) is 0 Å². The molecule has 0 aliphatic carbocycles. The Bertz CT molecular complexity index is 527. The maximum Gasteiger partial charge on any atom is 0.306 e. The van der Waals surface area contributed by atoms with Gasteiger partial charge in [-0.3, -0.25) is 14.5 Å². The SMILES string of the molecule is COC(=O)CCN(C)S(=O)(=O)Nc1ccc(C)nc1. The van der Waals surface area contributed by atoms with Gasteiger partial charge in [0.25, 0.3) is 0 Å². The average Bonchev–Trinajstić information content (AvgIpc) is 2.37. The van der Waals surface area contributed by atoms with Crippen LogP contribution in [0.15, 0.2) is 18.3 Å². The van der Waals surface area contributed by atoms with E-state index in [2.05, 4.69) is 14.4 Å². The number of carbonyl (C=O) groups is 1. The molecular weight excluding hydrogens is 270 g/mol. The number of hydrogen-bond donors (Lipinski definition) is 1. The van der Waals surface area contributed by atoms with Crippen LogP contribution in [-0.4, -0.2) is 44.4 Å². The molecule has 0 bridgehead atoms. The molecule has 0 unspecified atom stereocenters. The fourth-order valence-corrected chi connectivity index (χ4v) is 2.13. The lowest BCUT2D eigenvalue weighted by Crippen LogP contribution is -2.34. The van der Waals surface area contributed by atoms with E-state index in [0.717, 1.165) is 10.00 Å². The Morgan fingerprint density at radius 1 is 1.47 bits per heavy atom. The molecule has 7 nitrogen and oxygen atoms in total. The number of aryl methyl sites for hydroxylation is 1. The molecule has 0 saturated heterocycles. The van der Waals surface area contributed by atoms with Crippen LogP contribution in [-0.2, 0) is 19.7 Å². The molecule has 1 rings (SSSR count). The summed E-state index contributed by atoms with van der Waals surface area (Å²) in [6.45, 7) is 1.85. The number of esters is 1. The lowest BCUT2D eigenvalue weighted by Gasteiger charge is -2.17. The molecule has 1 N–H and O–H groups in total. The summed E-state index contributed by atoms with van der Waals surface area (Å²) in [7, 11) is -1.06. The smallest absolute Gasteiger partial charge is 0.306 e. The average molecular weight is 287 g/mol. The van der Waals surface area contributed by atoms with Crippen LogP contribution in [0.5, 0.6) is 0 Å². The van der Waals surface area contributed by atoms with Crippen molar-refractivity contribution in [3.63, 3.8) is 0 Å². The highest BCUT2D eigenvalue weighted by Crippen LogP contribution is 2.10. The van der Waals surface area contributed by atoms with Gasteiger partial charge in [0, 0.05) is 19.3 Å². The van der Waals surface area contributed by atoms with Gasteiger partial charge in [-0.15, -0.1) is 0 Å². The summed E-state index contributed by atoms with van der Waals surface area (Å²) in [5.74, 6) is -0.459. The first-order valence-corrected chi connectivity index (χ1v) is 7.02. The van der Waals surface area contributed by atoms with Gasteiger partial charge in [-0.1, -0.05) is 0 Å². The summed E-state index contributed by atoms with van der Waals surface area (Å²) in [4.78, 5) is 15.0. The molecule has 19 heavy (non-hydrogen) atoms. The number of aromatic nitrogens is 1. The number of hydrogen-bond acceptors (Lipinski definition) is 5. The van der Waals surface area contributed by atoms with Crippen LogP contribution >= 0.6 is 0 Å². The van der Waals surface area contributed by atoms with Gasteiger partial charge in [0.1, 0.15) is 0 Å². The van der Waals surface area contributed by atoms with E-state index in [1.807, 2.05) is 0 Å². The van der Waals surface area contributed by atoms with Crippen molar-refractivity contribution < 1.29 is 17.9 Å². The lowest BCUT2D eigenvalue weighted by atomic mass is 10.4. The zero-order chi connectivity index (χ0) is 14.5. The van der Waals surface area contributed by atoms with E-state index in [0.29, 0.717) is 5.69 Å². The molecule has 8 heteroatoms. The minimum atomic E-state index is -3.69. The summed E-state index contributed by atoms with van der Waals surface area (Å²) < 4.78 is 31.7. The Morgan fingerprint density at radius 2 is 2.16 bits per heavy atom. The molecular formula is C11H17N3O4S. The second kappa shape index (κ2) is 6.48. The van der Waals surface area contributed by atoms with Crippen molar-refractivity contribution in [1.82, 2.24) is 9.29 Å². The van der Waals surface area contributed by atoms with Gasteiger partial charge in [-0.25, -0.2) is 0 Å². The molecule has 0 amide bonds. The molecule has 0 spiro atoms. The van der Waals surface area contributed by atoms with Gasteiger partial charge in [0.15, 0.2) is 0 Å². The second-order valence-electron chi connectivity index (χ2n) is 3.94. The van der Waals surface area contributed by atoms with Gasteiger partial charge in [-0.2, -0.15) is 12.7 Å². The predicted molar refractivity (Wildman–Crippen MR) is 70.8 cm³/mol. The highest BCUT2D eigenvalue weighted by Gasteiger charge is 2.18. The highest BCUT2D eigenvalue weighted by molar-refractivity contribution is 7.90. The first kappa shape index (κ1) is 15.4. The summed E-state index contributed by atoms with van der Waals surface area (Å²) in [5, 5.41) is 0. The fourth-order valence-electron chi connectivity index (χ4n) is 1.23. The first-order chi connectivity index (χ1) is 8.85. The molecule has 0 aliphatic heterocycles. The van der Waals surface area contributed by atoms with E-state index in [-0.39, 0.29) is 13.0 Å². The van der Waals surface area contributed by atoms with Gasteiger partial charge in [0.2, 0.25) is 0 Å². The Kier molecular flexibility index (Phi) is 5.25. The third-order valence-corrected chi connectivity index (χ3v) is 3.92. The topological polar surface area (TPSA) is 88.6 Å². The van der Waals surface area contributed by atoms with Crippen LogP contribution in [0, 0.1) is 6.92 Å². The summed E-state index contributed by atoms with van der Waals surface area (Å²) in [5.41, 5.74) is 1.16. The van der Waals surface area contributed by atoms with Crippen LogP contribution in [0.4, 0.5) is 5.69 Å². The third-order valence-electron chi connectivity index (χ3n) is 2.43.